The Morgan fingerprint density at radius 3 is 2.06 bits per heavy atom. The molecule has 0 heterocycles. The van der Waals surface area contributed by atoms with Gasteiger partial charge < -0.3 is 9.84 Å². The minimum Gasteiger partial charge on any atom is -0.396 e. The molecule has 1 atom stereocenters. The fourth-order valence-electron chi connectivity index (χ4n) is 4.12. The topological polar surface area (TPSA) is 71.0 Å². The van der Waals surface area contributed by atoms with Gasteiger partial charge in [-0.1, -0.05) is 62.4 Å². The van der Waals surface area contributed by atoms with Crippen LogP contribution in [0.2, 0.25) is 0 Å². The Balaban J connectivity index is 1.98. The molecule has 194 valence electrons. The van der Waals surface area contributed by atoms with E-state index in [9.17, 15) is 9.90 Å². The summed E-state index contributed by atoms with van der Waals surface area (Å²) in [6.07, 6.45) is 3.89. The Kier molecular flexibility index (Phi) is 12.4. The number of carbonyl (C=O) groups is 1. The second kappa shape index (κ2) is 15.0. The molecule has 2 N–H and O–H groups in total. The molecule has 6 nitrogen and oxygen atoms in total. The zero-order valence-corrected chi connectivity index (χ0v) is 22.2. The van der Waals surface area contributed by atoms with Crippen molar-refractivity contribution >= 4 is 5.91 Å². The van der Waals surface area contributed by atoms with Crippen molar-refractivity contribution in [3.63, 3.8) is 0 Å². The Morgan fingerprint density at radius 1 is 0.971 bits per heavy atom. The molecule has 2 rings (SSSR count). The van der Waals surface area contributed by atoms with Crippen LogP contribution in [-0.4, -0.2) is 48.5 Å². The third kappa shape index (κ3) is 10.1. The fourth-order valence-corrected chi connectivity index (χ4v) is 4.12. The van der Waals surface area contributed by atoms with Crippen LogP contribution in [0.3, 0.4) is 0 Å². The maximum atomic E-state index is 12.2. The maximum Gasteiger partial charge on any atom is 0.243 e. The highest BCUT2D eigenvalue weighted by Crippen LogP contribution is 2.28. The van der Waals surface area contributed by atoms with Crippen molar-refractivity contribution in [3.8, 4) is 11.1 Å². The van der Waals surface area contributed by atoms with Gasteiger partial charge in [-0.25, -0.2) is 10.3 Å². The Bertz CT molecular complexity index is 859. The van der Waals surface area contributed by atoms with Gasteiger partial charge in [0.1, 0.15) is 0 Å². The van der Waals surface area contributed by atoms with Crippen LogP contribution in [0.25, 0.3) is 11.1 Å². The van der Waals surface area contributed by atoms with Gasteiger partial charge in [-0.3, -0.25) is 9.69 Å². The number of hydrogen-bond donors (Lipinski definition) is 2. The highest BCUT2D eigenvalue weighted by atomic mass is 16.8. The van der Waals surface area contributed by atoms with E-state index in [2.05, 4.69) is 72.8 Å². The number of nitrogens with zero attached hydrogens (tertiary/aromatic N) is 1. The van der Waals surface area contributed by atoms with Gasteiger partial charge in [-0.15, -0.1) is 0 Å². The second-order valence-corrected chi connectivity index (χ2v) is 9.57. The molecular formula is C29H44N2O4. The Morgan fingerprint density at radius 2 is 1.54 bits per heavy atom. The molecule has 0 unspecified atom stereocenters. The quantitative estimate of drug-likeness (QED) is 0.238. The molecule has 6 heteroatoms. The minimum atomic E-state index is -0.876. The summed E-state index contributed by atoms with van der Waals surface area (Å²) >= 11 is 0. The second-order valence-electron chi connectivity index (χ2n) is 9.57. The van der Waals surface area contributed by atoms with Crippen LogP contribution in [0.5, 0.6) is 0 Å². The van der Waals surface area contributed by atoms with E-state index < -0.39 is 5.79 Å². The van der Waals surface area contributed by atoms with Crippen LogP contribution in [0, 0.1) is 0 Å². The number of carbonyl (C=O) groups excluding carboxylic acids is 1. The number of rotatable bonds is 16. The number of ether oxygens (including phenoxy) is 1. The highest BCUT2D eigenvalue weighted by molar-refractivity contribution is 5.74. The van der Waals surface area contributed by atoms with Crippen molar-refractivity contribution in [2.75, 3.05) is 26.8 Å². The lowest BCUT2D eigenvalue weighted by atomic mass is 9.90. The van der Waals surface area contributed by atoms with Crippen LogP contribution in [0.4, 0.5) is 0 Å². The molecule has 0 aliphatic heterocycles. The van der Waals surface area contributed by atoms with Gasteiger partial charge in [-0.05, 0) is 80.8 Å². The summed E-state index contributed by atoms with van der Waals surface area (Å²) in [5.41, 5.74) is 7.27. The molecule has 0 bridgehead atoms. The van der Waals surface area contributed by atoms with E-state index in [1.807, 2.05) is 0 Å². The van der Waals surface area contributed by atoms with Crippen LogP contribution in [0.1, 0.15) is 76.8 Å². The van der Waals surface area contributed by atoms with Crippen molar-refractivity contribution in [3.05, 3.63) is 59.7 Å². The molecule has 0 aliphatic carbocycles. The lowest BCUT2D eigenvalue weighted by Crippen LogP contribution is -2.37. The van der Waals surface area contributed by atoms with Gasteiger partial charge in [0.05, 0.1) is 0 Å². The number of amides is 1. The summed E-state index contributed by atoms with van der Waals surface area (Å²) in [5.74, 6) is -0.981. The van der Waals surface area contributed by atoms with E-state index in [1.54, 1.807) is 13.8 Å². The molecule has 0 aromatic heterocycles. The standard InChI is InChI=1S/C29H44N2O4/c1-6-19-31(20-7-2)22-23-8-10-24(11-9-23)25-12-14-26(15-13-25)27(18-21-32)16-17-28(33)30-35-29(3,4)34-5/h8-15,27,32H,6-7,16-22H2,1-5H3,(H,30,33)/t27-/m1/s1. The maximum absolute atomic E-state index is 12.2. The summed E-state index contributed by atoms with van der Waals surface area (Å²) < 4.78 is 5.14. The van der Waals surface area contributed by atoms with Crippen molar-refractivity contribution < 1.29 is 19.5 Å². The Labute approximate surface area is 211 Å². The normalized spacial score (nSPS) is 12.7. The number of methoxy groups -OCH3 is 1. The number of nitrogens with one attached hydrogen (secondary N) is 1. The van der Waals surface area contributed by atoms with E-state index in [0.29, 0.717) is 19.3 Å². The minimum absolute atomic E-state index is 0.0792. The molecule has 35 heavy (non-hydrogen) atoms. The van der Waals surface area contributed by atoms with Crippen molar-refractivity contribution in [1.82, 2.24) is 10.4 Å². The number of aliphatic hydroxyl groups excluding tert-OH is 1. The average molecular weight is 485 g/mol. The third-order valence-corrected chi connectivity index (χ3v) is 6.25. The van der Waals surface area contributed by atoms with E-state index in [-0.39, 0.29) is 18.4 Å². The van der Waals surface area contributed by atoms with Gasteiger partial charge in [0.25, 0.3) is 0 Å². The third-order valence-electron chi connectivity index (χ3n) is 6.25. The first kappa shape index (κ1) is 29.0. The molecule has 0 spiro atoms. The lowest BCUT2D eigenvalue weighted by molar-refractivity contribution is -0.231. The van der Waals surface area contributed by atoms with Crippen LogP contribution >= 0.6 is 0 Å². The van der Waals surface area contributed by atoms with E-state index in [4.69, 9.17) is 9.57 Å². The fraction of sp³-hybridized carbons (Fsp3) is 0.552. The summed E-state index contributed by atoms with van der Waals surface area (Å²) in [6.45, 7) is 11.2. The SMILES string of the molecule is CCCN(CCC)Cc1ccc(-c2ccc([C@@H](CCO)CCC(=O)NOC(C)(C)OC)cc2)cc1. The van der Waals surface area contributed by atoms with E-state index in [0.717, 1.165) is 30.8 Å². The number of hydroxylamine groups is 1. The van der Waals surface area contributed by atoms with E-state index in [1.165, 1.54) is 31.1 Å². The van der Waals surface area contributed by atoms with Gasteiger partial charge in [0, 0.05) is 26.7 Å². The average Bonchev–Trinajstić information content (AvgIpc) is 2.86. The molecule has 0 saturated carbocycles. The molecule has 2 aromatic carbocycles. The van der Waals surface area contributed by atoms with Gasteiger partial charge in [-0.2, -0.15) is 0 Å². The predicted molar refractivity (Wildman–Crippen MR) is 142 cm³/mol. The first-order valence-electron chi connectivity index (χ1n) is 12.9. The largest absolute Gasteiger partial charge is 0.396 e. The molecule has 0 fully saturated rings. The summed E-state index contributed by atoms with van der Waals surface area (Å²) in [6, 6.07) is 17.3. The first-order chi connectivity index (χ1) is 16.8. The molecule has 2 aromatic rings. The van der Waals surface area contributed by atoms with Crippen molar-refractivity contribution in [1.29, 1.82) is 0 Å². The summed E-state index contributed by atoms with van der Waals surface area (Å²) in [7, 11) is 1.52. The number of benzene rings is 2. The van der Waals surface area contributed by atoms with Crippen molar-refractivity contribution in [2.24, 2.45) is 0 Å². The van der Waals surface area contributed by atoms with Gasteiger partial charge in [0.15, 0.2) is 5.79 Å². The highest BCUT2D eigenvalue weighted by Gasteiger charge is 2.19. The molecular weight excluding hydrogens is 440 g/mol. The van der Waals surface area contributed by atoms with E-state index >= 15 is 0 Å². The van der Waals surface area contributed by atoms with Crippen LogP contribution in [0.15, 0.2) is 48.5 Å². The number of hydrogen-bond acceptors (Lipinski definition) is 5. The Hall–Kier alpha value is -2.25. The van der Waals surface area contributed by atoms with Gasteiger partial charge >= 0.3 is 0 Å². The zero-order valence-electron chi connectivity index (χ0n) is 22.2. The molecule has 1 amide bonds. The van der Waals surface area contributed by atoms with Crippen LogP contribution < -0.4 is 5.48 Å². The smallest absolute Gasteiger partial charge is 0.243 e. The lowest BCUT2D eigenvalue weighted by Gasteiger charge is -2.23. The molecule has 0 saturated heterocycles. The summed E-state index contributed by atoms with van der Waals surface area (Å²) in [4.78, 5) is 20.0. The first-order valence-corrected chi connectivity index (χ1v) is 12.9. The molecule has 0 radical (unpaired) electrons. The summed E-state index contributed by atoms with van der Waals surface area (Å²) in [5, 5.41) is 9.55. The monoisotopic (exact) mass is 484 g/mol. The molecule has 0 aliphatic rings. The van der Waals surface area contributed by atoms with Gasteiger partial charge in [0.2, 0.25) is 5.91 Å². The van der Waals surface area contributed by atoms with Crippen molar-refractivity contribution in [2.45, 2.75) is 78.0 Å². The predicted octanol–water partition coefficient (Wildman–Crippen LogP) is 5.65. The zero-order chi connectivity index (χ0) is 25.7. The van der Waals surface area contributed by atoms with Crippen LogP contribution in [-0.2, 0) is 20.9 Å². The number of aliphatic hydroxyl groups is 1.